The average Bonchev–Trinajstić information content (AvgIpc) is 2.23. The molecule has 0 aliphatic rings. The van der Waals surface area contributed by atoms with E-state index < -0.39 is 0 Å². The fourth-order valence-electron chi connectivity index (χ4n) is 1.42. The summed E-state index contributed by atoms with van der Waals surface area (Å²) in [6.45, 7) is 9.31. The molecule has 0 radical (unpaired) electrons. The first-order valence-electron chi connectivity index (χ1n) is 6.28. The van der Waals surface area contributed by atoms with E-state index in [0.29, 0.717) is 13.0 Å². The van der Waals surface area contributed by atoms with E-state index in [1.54, 1.807) is 0 Å². The monoisotopic (exact) mass is 230 g/mol. The molecule has 0 aliphatic carbocycles. The van der Waals surface area contributed by atoms with Crippen LogP contribution >= 0.6 is 0 Å². The molecule has 0 aromatic rings. The van der Waals surface area contributed by atoms with Gasteiger partial charge in [0, 0.05) is 32.2 Å². The van der Waals surface area contributed by atoms with Crippen molar-refractivity contribution in [3.05, 3.63) is 0 Å². The third-order valence-corrected chi connectivity index (χ3v) is 2.18. The van der Waals surface area contributed by atoms with Gasteiger partial charge >= 0.3 is 0 Å². The standard InChI is InChI=1S/C12H26N2O2/c1-4-8-16-9-6-7-14-12(15)10-11(3)13-5-2/h11,13H,4-10H2,1-3H3,(H,14,15). The summed E-state index contributed by atoms with van der Waals surface area (Å²) in [5.41, 5.74) is 0. The van der Waals surface area contributed by atoms with Crippen LogP contribution in [0.15, 0.2) is 0 Å². The van der Waals surface area contributed by atoms with Gasteiger partial charge in [-0.2, -0.15) is 0 Å². The van der Waals surface area contributed by atoms with Crippen LogP contribution in [0.4, 0.5) is 0 Å². The van der Waals surface area contributed by atoms with Crippen molar-refractivity contribution in [1.29, 1.82) is 0 Å². The van der Waals surface area contributed by atoms with E-state index in [2.05, 4.69) is 17.6 Å². The highest BCUT2D eigenvalue weighted by Gasteiger charge is 2.06. The Labute approximate surface area is 99.1 Å². The molecule has 0 saturated heterocycles. The van der Waals surface area contributed by atoms with Gasteiger partial charge in [0.1, 0.15) is 0 Å². The first kappa shape index (κ1) is 15.4. The van der Waals surface area contributed by atoms with Crippen molar-refractivity contribution in [1.82, 2.24) is 10.6 Å². The quantitative estimate of drug-likeness (QED) is 0.556. The van der Waals surface area contributed by atoms with Crippen molar-refractivity contribution >= 4 is 5.91 Å². The van der Waals surface area contributed by atoms with Crippen molar-refractivity contribution in [2.24, 2.45) is 0 Å². The van der Waals surface area contributed by atoms with Gasteiger partial charge in [-0.25, -0.2) is 0 Å². The molecule has 1 unspecified atom stereocenters. The summed E-state index contributed by atoms with van der Waals surface area (Å²) in [6.07, 6.45) is 2.48. The number of hydrogen-bond donors (Lipinski definition) is 2. The molecule has 96 valence electrons. The van der Waals surface area contributed by atoms with E-state index in [1.165, 1.54) is 0 Å². The Kier molecular flexibility index (Phi) is 10.5. The molecule has 0 fully saturated rings. The molecule has 0 spiro atoms. The van der Waals surface area contributed by atoms with Gasteiger partial charge in [-0.15, -0.1) is 0 Å². The van der Waals surface area contributed by atoms with Crippen LogP contribution in [0.2, 0.25) is 0 Å². The molecule has 0 heterocycles. The Morgan fingerprint density at radius 1 is 1.31 bits per heavy atom. The lowest BCUT2D eigenvalue weighted by Gasteiger charge is -2.12. The van der Waals surface area contributed by atoms with Crippen LogP contribution in [-0.4, -0.2) is 38.3 Å². The summed E-state index contributed by atoms with van der Waals surface area (Å²) < 4.78 is 5.32. The minimum atomic E-state index is 0.115. The Morgan fingerprint density at radius 3 is 2.69 bits per heavy atom. The van der Waals surface area contributed by atoms with Gasteiger partial charge in [0.25, 0.3) is 0 Å². The predicted molar refractivity (Wildman–Crippen MR) is 66.5 cm³/mol. The zero-order valence-electron chi connectivity index (χ0n) is 10.8. The SMILES string of the molecule is CCCOCCCNC(=O)CC(C)NCC. The second-order valence-corrected chi connectivity index (χ2v) is 3.98. The van der Waals surface area contributed by atoms with E-state index in [-0.39, 0.29) is 11.9 Å². The molecule has 1 atom stereocenters. The molecule has 0 bridgehead atoms. The van der Waals surface area contributed by atoms with Crippen molar-refractivity contribution in [3.8, 4) is 0 Å². The Morgan fingerprint density at radius 2 is 2.06 bits per heavy atom. The number of carbonyl (C=O) groups is 1. The molecular formula is C12H26N2O2. The van der Waals surface area contributed by atoms with Gasteiger partial charge in [0.2, 0.25) is 5.91 Å². The molecule has 0 aromatic carbocycles. The Bertz CT molecular complexity index is 174. The average molecular weight is 230 g/mol. The van der Waals surface area contributed by atoms with Crippen molar-refractivity contribution in [2.45, 2.75) is 46.1 Å². The fourth-order valence-corrected chi connectivity index (χ4v) is 1.42. The van der Waals surface area contributed by atoms with E-state index in [1.807, 2.05) is 13.8 Å². The first-order valence-corrected chi connectivity index (χ1v) is 6.28. The summed E-state index contributed by atoms with van der Waals surface area (Å²) in [5.74, 6) is 0.115. The number of hydrogen-bond acceptors (Lipinski definition) is 3. The van der Waals surface area contributed by atoms with Crippen LogP contribution in [-0.2, 0) is 9.53 Å². The van der Waals surface area contributed by atoms with E-state index >= 15 is 0 Å². The molecule has 0 aromatic heterocycles. The molecule has 4 heteroatoms. The molecule has 4 nitrogen and oxygen atoms in total. The smallest absolute Gasteiger partial charge is 0.221 e. The second-order valence-electron chi connectivity index (χ2n) is 3.98. The number of ether oxygens (including phenoxy) is 1. The number of carbonyl (C=O) groups excluding carboxylic acids is 1. The van der Waals surface area contributed by atoms with Crippen molar-refractivity contribution < 1.29 is 9.53 Å². The molecule has 1 amide bonds. The molecule has 0 rings (SSSR count). The minimum Gasteiger partial charge on any atom is -0.381 e. The normalized spacial score (nSPS) is 12.4. The highest BCUT2D eigenvalue weighted by Crippen LogP contribution is 1.90. The van der Waals surface area contributed by atoms with Gasteiger partial charge in [0.15, 0.2) is 0 Å². The zero-order chi connectivity index (χ0) is 12.2. The first-order chi connectivity index (χ1) is 7.70. The summed E-state index contributed by atoms with van der Waals surface area (Å²) >= 11 is 0. The van der Waals surface area contributed by atoms with E-state index in [0.717, 1.165) is 32.6 Å². The maximum atomic E-state index is 11.4. The zero-order valence-corrected chi connectivity index (χ0v) is 10.8. The van der Waals surface area contributed by atoms with E-state index in [9.17, 15) is 4.79 Å². The summed E-state index contributed by atoms with van der Waals surface area (Å²) in [6, 6.07) is 0.251. The van der Waals surface area contributed by atoms with Gasteiger partial charge in [-0.3, -0.25) is 4.79 Å². The molecular weight excluding hydrogens is 204 g/mol. The van der Waals surface area contributed by atoms with E-state index in [4.69, 9.17) is 4.74 Å². The maximum Gasteiger partial charge on any atom is 0.221 e. The third kappa shape index (κ3) is 9.93. The second kappa shape index (κ2) is 10.9. The summed E-state index contributed by atoms with van der Waals surface area (Å²) in [4.78, 5) is 11.4. The van der Waals surface area contributed by atoms with Gasteiger partial charge in [-0.05, 0) is 26.3 Å². The largest absolute Gasteiger partial charge is 0.381 e. The topological polar surface area (TPSA) is 50.4 Å². The summed E-state index contributed by atoms with van der Waals surface area (Å²) in [7, 11) is 0. The van der Waals surface area contributed by atoms with Crippen LogP contribution in [0.3, 0.4) is 0 Å². The van der Waals surface area contributed by atoms with Crippen LogP contribution < -0.4 is 10.6 Å². The molecule has 2 N–H and O–H groups in total. The lowest BCUT2D eigenvalue weighted by atomic mass is 10.2. The predicted octanol–water partition coefficient (Wildman–Crippen LogP) is 1.31. The highest BCUT2D eigenvalue weighted by molar-refractivity contribution is 5.76. The number of nitrogens with one attached hydrogen (secondary N) is 2. The molecule has 0 saturated carbocycles. The van der Waals surface area contributed by atoms with Crippen LogP contribution in [0.5, 0.6) is 0 Å². The molecule has 0 aliphatic heterocycles. The Balaban J connectivity index is 3.30. The van der Waals surface area contributed by atoms with Crippen LogP contribution in [0, 0.1) is 0 Å². The maximum absolute atomic E-state index is 11.4. The third-order valence-electron chi connectivity index (χ3n) is 2.18. The van der Waals surface area contributed by atoms with Crippen LogP contribution in [0.25, 0.3) is 0 Å². The number of rotatable bonds is 10. The minimum absolute atomic E-state index is 0.115. The highest BCUT2D eigenvalue weighted by atomic mass is 16.5. The molecule has 16 heavy (non-hydrogen) atoms. The van der Waals surface area contributed by atoms with Gasteiger partial charge < -0.3 is 15.4 Å². The van der Waals surface area contributed by atoms with Crippen molar-refractivity contribution in [3.63, 3.8) is 0 Å². The van der Waals surface area contributed by atoms with Gasteiger partial charge in [0.05, 0.1) is 0 Å². The summed E-state index contributed by atoms with van der Waals surface area (Å²) in [5, 5.41) is 6.10. The van der Waals surface area contributed by atoms with Crippen LogP contribution in [0.1, 0.15) is 40.0 Å². The van der Waals surface area contributed by atoms with Crippen molar-refractivity contribution in [2.75, 3.05) is 26.3 Å². The van der Waals surface area contributed by atoms with Gasteiger partial charge in [-0.1, -0.05) is 13.8 Å². The number of amides is 1. The fraction of sp³-hybridized carbons (Fsp3) is 0.917. The Hall–Kier alpha value is -0.610. The lowest BCUT2D eigenvalue weighted by molar-refractivity contribution is -0.121. The lowest BCUT2D eigenvalue weighted by Crippen LogP contribution is -2.34.